The molecule has 4 nitrogen and oxygen atoms in total. The molecular formula is C21H18Cl2F3N3O. The van der Waals surface area contributed by atoms with E-state index < -0.39 is 23.3 Å². The molecule has 0 aliphatic heterocycles. The number of hydrogen-bond acceptors (Lipinski definition) is 2. The lowest BCUT2D eigenvalue weighted by Gasteiger charge is -2.17. The predicted octanol–water partition coefficient (Wildman–Crippen LogP) is 6.58. The van der Waals surface area contributed by atoms with Crippen molar-refractivity contribution in [2.24, 2.45) is 0 Å². The molecule has 1 aromatic heterocycles. The van der Waals surface area contributed by atoms with Crippen molar-refractivity contribution in [3.05, 3.63) is 75.0 Å². The Hall–Kier alpha value is -2.51. The zero-order valence-electron chi connectivity index (χ0n) is 16.1. The summed E-state index contributed by atoms with van der Waals surface area (Å²) >= 11 is 12.0. The lowest BCUT2D eigenvalue weighted by atomic mass is 10.0. The molecule has 30 heavy (non-hydrogen) atoms. The first kappa shape index (κ1) is 22.2. The van der Waals surface area contributed by atoms with E-state index in [4.69, 9.17) is 23.2 Å². The number of alkyl halides is 3. The number of benzene rings is 2. The molecule has 0 saturated heterocycles. The molecule has 0 atom stereocenters. The number of nitrogens with one attached hydrogen (secondary N) is 1. The maximum Gasteiger partial charge on any atom is 0.434 e. The monoisotopic (exact) mass is 455 g/mol. The van der Waals surface area contributed by atoms with E-state index in [-0.39, 0.29) is 5.69 Å². The maximum atomic E-state index is 13.9. The average Bonchev–Trinajstić information content (AvgIpc) is 3.15. The zero-order valence-corrected chi connectivity index (χ0v) is 17.7. The Morgan fingerprint density at radius 2 is 1.73 bits per heavy atom. The lowest BCUT2D eigenvalue weighted by molar-refractivity contribution is -0.143. The second kappa shape index (κ2) is 8.70. The van der Waals surface area contributed by atoms with Crippen LogP contribution in [0.4, 0.5) is 18.9 Å². The summed E-state index contributed by atoms with van der Waals surface area (Å²) in [5.41, 5.74) is 0.273. The van der Waals surface area contributed by atoms with Gasteiger partial charge in [0.15, 0.2) is 5.69 Å². The number of aryl methyl sites for hydroxylation is 1. The van der Waals surface area contributed by atoms with Crippen molar-refractivity contribution in [1.82, 2.24) is 9.78 Å². The van der Waals surface area contributed by atoms with Crippen molar-refractivity contribution in [1.29, 1.82) is 0 Å². The van der Waals surface area contributed by atoms with E-state index in [0.717, 1.165) is 11.8 Å². The van der Waals surface area contributed by atoms with Gasteiger partial charge in [-0.2, -0.15) is 18.3 Å². The minimum Gasteiger partial charge on any atom is -0.321 e. The summed E-state index contributed by atoms with van der Waals surface area (Å²) in [5.74, 6) is -0.908. The Bertz CT molecular complexity index is 1080. The Kier molecular flexibility index (Phi) is 6.43. The highest BCUT2D eigenvalue weighted by molar-refractivity contribution is 6.32. The molecule has 0 aliphatic rings. The van der Waals surface area contributed by atoms with Gasteiger partial charge in [-0.1, -0.05) is 43.1 Å². The highest BCUT2D eigenvalue weighted by atomic mass is 35.5. The smallest absolute Gasteiger partial charge is 0.321 e. The third-order valence-corrected chi connectivity index (χ3v) is 5.27. The quantitative estimate of drug-likeness (QED) is 0.472. The second-order valence-corrected chi connectivity index (χ2v) is 7.36. The molecule has 1 N–H and O–H groups in total. The first-order valence-electron chi connectivity index (χ1n) is 9.20. The van der Waals surface area contributed by atoms with Gasteiger partial charge in [-0.25, -0.2) is 4.68 Å². The summed E-state index contributed by atoms with van der Waals surface area (Å²) in [6.07, 6.45) is -2.80. The number of carbonyl (C=O) groups excluding carboxylic acids is 1. The van der Waals surface area contributed by atoms with Gasteiger partial charge in [0.1, 0.15) is 0 Å². The van der Waals surface area contributed by atoms with E-state index in [0.29, 0.717) is 38.8 Å². The largest absolute Gasteiger partial charge is 0.434 e. The molecule has 0 radical (unpaired) electrons. The molecule has 9 heteroatoms. The Morgan fingerprint density at radius 1 is 1.07 bits per heavy atom. The van der Waals surface area contributed by atoms with Gasteiger partial charge in [-0.05, 0) is 54.3 Å². The number of anilines is 1. The average molecular weight is 456 g/mol. The molecule has 0 fully saturated rings. The predicted molar refractivity (Wildman–Crippen MR) is 112 cm³/mol. The molecular weight excluding hydrogens is 438 g/mol. The molecule has 1 amide bonds. The summed E-state index contributed by atoms with van der Waals surface area (Å²) in [6, 6.07) is 9.16. The highest BCUT2D eigenvalue weighted by Gasteiger charge is 2.40. The molecule has 0 aliphatic carbocycles. The number of aromatic nitrogens is 2. The molecule has 0 unspecified atom stereocenters. The minimum atomic E-state index is -4.81. The van der Waals surface area contributed by atoms with Crippen LogP contribution in [-0.2, 0) is 19.0 Å². The molecule has 158 valence electrons. The number of rotatable bonds is 5. The minimum absolute atomic E-state index is 0.136. The second-order valence-electron chi connectivity index (χ2n) is 6.51. The standard InChI is InChI=1S/C21H18Cl2F3N3O/c1-3-12-5-10-17(23)15(4-2)18(12)28-20(30)16-11-27-29(19(16)21(24,25)26)14-8-6-13(22)7-9-14/h5-11H,3-4H2,1-2H3,(H,28,30). The van der Waals surface area contributed by atoms with E-state index in [9.17, 15) is 18.0 Å². The fourth-order valence-corrected chi connectivity index (χ4v) is 3.63. The van der Waals surface area contributed by atoms with Crippen LogP contribution in [0, 0.1) is 0 Å². The first-order valence-corrected chi connectivity index (χ1v) is 9.95. The van der Waals surface area contributed by atoms with Crippen molar-refractivity contribution in [2.45, 2.75) is 32.9 Å². The van der Waals surface area contributed by atoms with E-state index in [2.05, 4.69) is 10.4 Å². The fourth-order valence-electron chi connectivity index (χ4n) is 3.21. The van der Waals surface area contributed by atoms with Gasteiger partial charge >= 0.3 is 6.18 Å². The molecule has 0 saturated carbocycles. The molecule has 0 bridgehead atoms. The van der Waals surface area contributed by atoms with Gasteiger partial charge in [-0.3, -0.25) is 4.79 Å². The summed E-state index contributed by atoms with van der Waals surface area (Å²) in [6.45, 7) is 3.74. The van der Waals surface area contributed by atoms with Gasteiger partial charge in [0.05, 0.1) is 17.4 Å². The summed E-state index contributed by atoms with van der Waals surface area (Å²) < 4.78 is 42.3. The third kappa shape index (κ3) is 4.32. The SMILES string of the molecule is CCc1ccc(Cl)c(CC)c1NC(=O)c1cnn(-c2ccc(Cl)cc2)c1C(F)(F)F. The number of amides is 1. The van der Waals surface area contributed by atoms with Crippen molar-refractivity contribution in [2.75, 3.05) is 5.32 Å². The van der Waals surface area contributed by atoms with Gasteiger partial charge in [0.25, 0.3) is 5.91 Å². The van der Waals surface area contributed by atoms with Gasteiger partial charge in [0.2, 0.25) is 0 Å². The van der Waals surface area contributed by atoms with Crippen LogP contribution in [-0.4, -0.2) is 15.7 Å². The summed E-state index contributed by atoms with van der Waals surface area (Å²) in [7, 11) is 0. The molecule has 0 spiro atoms. The fraction of sp³-hybridized carbons (Fsp3) is 0.238. The van der Waals surface area contributed by atoms with Gasteiger partial charge < -0.3 is 5.32 Å². The van der Waals surface area contributed by atoms with Crippen LogP contribution in [0.1, 0.15) is 41.0 Å². The Morgan fingerprint density at radius 3 is 2.30 bits per heavy atom. The molecule has 3 aromatic rings. The van der Waals surface area contributed by atoms with Crippen LogP contribution in [0.15, 0.2) is 42.6 Å². The van der Waals surface area contributed by atoms with E-state index in [1.165, 1.54) is 24.3 Å². The van der Waals surface area contributed by atoms with Crippen LogP contribution < -0.4 is 5.32 Å². The third-order valence-electron chi connectivity index (χ3n) is 4.67. The van der Waals surface area contributed by atoms with Crippen LogP contribution in [0.3, 0.4) is 0 Å². The van der Waals surface area contributed by atoms with E-state index >= 15 is 0 Å². The maximum absolute atomic E-state index is 13.9. The van der Waals surface area contributed by atoms with Crippen LogP contribution in [0.5, 0.6) is 0 Å². The van der Waals surface area contributed by atoms with Crippen LogP contribution >= 0.6 is 23.2 Å². The van der Waals surface area contributed by atoms with Crippen molar-refractivity contribution < 1.29 is 18.0 Å². The summed E-state index contributed by atoms with van der Waals surface area (Å²) in [4.78, 5) is 12.9. The Labute approximate surface area is 181 Å². The van der Waals surface area contributed by atoms with Crippen molar-refractivity contribution in [3.63, 3.8) is 0 Å². The van der Waals surface area contributed by atoms with Crippen LogP contribution in [0.25, 0.3) is 5.69 Å². The normalized spacial score (nSPS) is 11.6. The first-order chi connectivity index (χ1) is 14.2. The summed E-state index contributed by atoms with van der Waals surface area (Å²) in [5, 5.41) is 7.26. The van der Waals surface area contributed by atoms with Crippen molar-refractivity contribution in [3.8, 4) is 5.69 Å². The number of nitrogens with zero attached hydrogens (tertiary/aromatic N) is 2. The lowest BCUT2D eigenvalue weighted by Crippen LogP contribution is -2.21. The molecule has 2 aromatic carbocycles. The van der Waals surface area contributed by atoms with Crippen LogP contribution in [0.2, 0.25) is 10.0 Å². The van der Waals surface area contributed by atoms with E-state index in [1.807, 2.05) is 13.8 Å². The number of carbonyl (C=O) groups is 1. The molecule has 3 rings (SSSR count). The Balaban J connectivity index is 2.08. The van der Waals surface area contributed by atoms with Crippen molar-refractivity contribution >= 4 is 34.8 Å². The zero-order chi connectivity index (χ0) is 22.1. The molecule has 1 heterocycles. The number of hydrogen-bond donors (Lipinski definition) is 1. The number of halogens is 5. The van der Waals surface area contributed by atoms with E-state index in [1.54, 1.807) is 12.1 Å². The highest BCUT2D eigenvalue weighted by Crippen LogP contribution is 2.35. The topological polar surface area (TPSA) is 46.9 Å². The van der Waals surface area contributed by atoms with Gasteiger partial charge in [0, 0.05) is 15.7 Å². The van der Waals surface area contributed by atoms with Gasteiger partial charge in [-0.15, -0.1) is 0 Å².